The van der Waals surface area contributed by atoms with Gasteiger partial charge in [0.05, 0.1) is 12.2 Å². The third-order valence-electron chi connectivity index (χ3n) is 1.47. The zero-order valence-corrected chi connectivity index (χ0v) is 6.01. The van der Waals surface area contributed by atoms with E-state index in [0.29, 0.717) is 6.54 Å². The first-order chi connectivity index (χ1) is 5.36. The molecule has 0 aromatic rings. The summed E-state index contributed by atoms with van der Waals surface area (Å²) in [6, 6.07) is 0. The van der Waals surface area contributed by atoms with Gasteiger partial charge in [-0.1, -0.05) is 6.58 Å². The molecule has 4 heteroatoms. The molecule has 4 nitrogen and oxygen atoms in total. The van der Waals surface area contributed by atoms with Crippen molar-refractivity contribution in [1.29, 1.82) is 0 Å². The van der Waals surface area contributed by atoms with E-state index in [1.165, 1.54) is 0 Å². The van der Waals surface area contributed by atoms with Crippen molar-refractivity contribution in [2.45, 2.75) is 0 Å². The number of allylic oxidation sites excluding steroid dienone is 2. The molecule has 0 radical (unpaired) electrons. The normalized spacial score (nSPS) is 20.9. The van der Waals surface area contributed by atoms with Gasteiger partial charge < -0.3 is 0 Å². The maximum Gasteiger partial charge on any atom is 0.0845 e. The van der Waals surface area contributed by atoms with Crippen molar-refractivity contribution in [3.05, 3.63) is 36.8 Å². The molecule has 0 saturated carbocycles. The van der Waals surface area contributed by atoms with E-state index >= 15 is 0 Å². The van der Waals surface area contributed by atoms with Crippen molar-refractivity contribution in [2.24, 2.45) is 10.3 Å². The third-order valence-corrected chi connectivity index (χ3v) is 1.47. The van der Waals surface area contributed by atoms with E-state index in [0.717, 1.165) is 5.70 Å². The van der Waals surface area contributed by atoms with E-state index in [1.54, 1.807) is 5.12 Å². The van der Waals surface area contributed by atoms with Gasteiger partial charge in [-0.05, 0) is 17.4 Å². The predicted molar refractivity (Wildman–Crippen MR) is 40.8 cm³/mol. The van der Waals surface area contributed by atoms with Crippen LogP contribution in [-0.4, -0.2) is 16.7 Å². The highest BCUT2D eigenvalue weighted by Crippen LogP contribution is 2.15. The quantitative estimate of drug-likeness (QED) is 0.520. The van der Waals surface area contributed by atoms with Crippen LogP contribution in [-0.2, 0) is 0 Å². The van der Waals surface area contributed by atoms with E-state index in [2.05, 4.69) is 16.9 Å². The van der Waals surface area contributed by atoms with Crippen molar-refractivity contribution in [1.82, 2.24) is 10.1 Å². The Morgan fingerprint density at radius 3 is 3.09 bits per heavy atom. The molecule has 11 heavy (non-hydrogen) atoms. The Morgan fingerprint density at radius 1 is 1.36 bits per heavy atom. The molecule has 0 aromatic heterocycles. The van der Waals surface area contributed by atoms with E-state index in [-0.39, 0.29) is 0 Å². The van der Waals surface area contributed by atoms with Crippen LogP contribution in [0.1, 0.15) is 0 Å². The van der Waals surface area contributed by atoms with E-state index in [9.17, 15) is 0 Å². The average molecular weight is 148 g/mol. The fourth-order valence-electron chi connectivity index (χ4n) is 0.964. The number of hydrazine groups is 1. The van der Waals surface area contributed by atoms with Gasteiger partial charge in [-0.25, -0.2) is 0 Å². The lowest BCUT2D eigenvalue weighted by Gasteiger charge is -2.31. The Bertz CT molecular complexity index is 264. The highest BCUT2D eigenvalue weighted by molar-refractivity contribution is 5.09. The van der Waals surface area contributed by atoms with Crippen LogP contribution in [0, 0.1) is 0 Å². The summed E-state index contributed by atoms with van der Waals surface area (Å²) in [5.74, 6) is 0. The molecule has 0 N–H and O–H groups in total. The van der Waals surface area contributed by atoms with Crippen LogP contribution in [0.3, 0.4) is 0 Å². The minimum Gasteiger partial charge on any atom is -0.265 e. The molecule has 0 aliphatic carbocycles. The highest BCUT2D eigenvalue weighted by atomic mass is 15.8. The molecule has 0 unspecified atom stereocenters. The SMILES string of the molecule is C=C1CN2C=CC=CN2N=N1. The van der Waals surface area contributed by atoms with Gasteiger partial charge >= 0.3 is 0 Å². The number of rotatable bonds is 0. The van der Waals surface area contributed by atoms with Gasteiger partial charge in [0.25, 0.3) is 0 Å². The minimum atomic E-state index is 0.713. The molecule has 0 saturated heterocycles. The summed E-state index contributed by atoms with van der Waals surface area (Å²) < 4.78 is 0. The molecule has 0 spiro atoms. The summed E-state index contributed by atoms with van der Waals surface area (Å²) in [4.78, 5) is 0. The van der Waals surface area contributed by atoms with Crippen LogP contribution in [0.25, 0.3) is 0 Å². The summed E-state index contributed by atoms with van der Waals surface area (Å²) in [6.07, 6.45) is 7.63. The van der Waals surface area contributed by atoms with Gasteiger partial charge in [0.1, 0.15) is 0 Å². The van der Waals surface area contributed by atoms with E-state index in [1.807, 2.05) is 29.6 Å². The molecule has 2 aliphatic rings. The molecule has 2 heterocycles. The Balaban J connectivity index is 2.26. The van der Waals surface area contributed by atoms with Crippen LogP contribution in [0.2, 0.25) is 0 Å². The fraction of sp³-hybridized carbons (Fsp3) is 0.143. The molecule has 56 valence electrons. The van der Waals surface area contributed by atoms with Crippen LogP contribution < -0.4 is 0 Å². The first-order valence-corrected chi connectivity index (χ1v) is 3.36. The third kappa shape index (κ3) is 1.02. The first kappa shape index (κ1) is 6.15. The summed E-state index contributed by atoms with van der Waals surface area (Å²) in [5.41, 5.74) is 0.779. The molecular formula is C7H8N4. The number of fused-ring (bicyclic) bond motifs is 1. The summed E-state index contributed by atoms with van der Waals surface area (Å²) in [7, 11) is 0. The van der Waals surface area contributed by atoms with Crippen molar-refractivity contribution >= 4 is 0 Å². The lowest BCUT2D eigenvalue weighted by molar-refractivity contribution is 0.0618. The zero-order valence-electron chi connectivity index (χ0n) is 6.01. The first-order valence-electron chi connectivity index (χ1n) is 3.36. The fourth-order valence-corrected chi connectivity index (χ4v) is 0.964. The molecule has 0 bridgehead atoms. The summed E-state index contributed by atoms with van der Waals surface area (Å²) in [6.45, 7) is 4.43. The van der Waals surface area contributed by atoms with Crippen LogP contribution in [0.15, 0.2) is 47.2 Å². The van der Waals surface area contributed by atoms with E-state index in [4.69, 9.17) is 0 Å². The van der Waals surface area contributed by atoms with Gasteiger partial charge in [0, 0.05) is 12.4 Å². The van der Waals surface area contributed by atoms with Gasteiger partial charge in [-0.3, -0.25) is 5.01 Å². The lowest BCUT2D eigenvalue weighted by atomic mass is 10.4. The number of hydrogen-bond donors (Lipinski definition) is 0. The monoisotopic (exact) mass is 148 g/mol. The Kier molecular flexibility index (Phi) is 1.25. The number of hydrogen-bond acceptors (Lipinski definition) is 4. The number of nitrogens with zero attached hydrogens (tertiary/aromatic N) is 4. The second kappa shape index (κ2) is 2.23. The van der Waals surface area contributed by atoms with Crippen molar-refractivity contribution in [3.8, 4) is 0 Å². The Morgan fingerprint density at radius 2 is 2.18 bits per heavy atom. The average Bonchev–Trinajstić information content (AvgIpc) is 2.04. The van der Waals surface area contributed by atoms with Gasteiger partial charge in [-0.2, -0.15) is 5.12 Å². The molecule has 0 aromatic carbocycles. The van der Waals surface area contributed by atoms with Crippen LogP contribution >= 0.6 is 0 Å². The molecule has 0 atom stereocenters. The van der Waals surface area contributed by atoms with Crippen molar-refractivity contribution in [3.63, 3.8) is 0 Å². The lowest BCUT2D eigenvalue weighted by Crippen LogP contribution is -2.35. The second-order valence-corrected chi connectivity index (χ2v) is 2.36. The van der Waals surface area contributed by atoms with E-state index < -0.39 is 0 Å². The van der Waals surface area contributed by atoms with Crippen LogP contribution in [0.4, 0.5) is 0 Å². The van der Waals surface area contributed by atoms with Gasteiger partial charge in [0.2, 0.25) is 0 Å². The summed E-state index contributed by atoms with van der Waals surface area (Å²) >= 11 is 0. The van der Waals surface area contributed by atoms with Crippen LogP contribution in [0.5, 0.6) is 0 Å². The molecule has 0 fully saturated rings. The topological polar surface area (TPSA) is 31.2 Å². The maximum absolute atomic E-state index is 3.88. The predicted octanol–water partition coefficient (Wildman–Crippen LogP) is 1.44. The summed E-state index contributed by atoms with van der Waals surface area (Å²) in [5, 5.41) is 11.3. The maximum atomic E-state index is 3.88. The molecule has 2 rings (SSSR count). The molecule has 0 amide bonds. The van der Waals surface area contributed by atoms with Crippen molar-refractivity contribution < 1.29 is 0 Å². The highest BCUT2D eigenvalue weighted by Gasteiger charge is 2.14. The van der Waals surface area contributed by atoms with Crippen molar-refractivity contribution in [2.75, 3.05) is 6.54 Å². The zero-order chi connectivity index (χ0) is 7.68. The minimum absolute atomic E-state index is 0.713. The largest absolute Gasteiger partial charge is 0.265 e. The Labute approximate surface area is 64.8 Å². The standard InChI is InChI=1S/C7H8N4/c1-7-6-10-4-2-3-5-11(10)9-8-7/h2-5H,1,6H2. The molecule has 2 aliphatic heterocycles. The smallest absolute Gasteiger partial charge is 0.0845 e. The van der Waals surface area contributed by atoms with Gasteiger partial charge in [0.15, 0.2) is 0 Å². The Hall–Kier alpha value is -1.58. The molecular weight excluding hydrogens is 140 g/mol. The van der Waals surface area contributed by atoms with Gasteiger partial charge in [-0.15, -0.1) is 5.11 Å². The second-order valence-electron chi connectivity index (χ2n) is 2.36.